The van der Waals surface area contributed by atoms with Gasteiger partial charge in [0.2, 0.25) is 0 Å². The zero-order chi connectivity index (χ0) is 22.7. The summed E-state index contributed by atoms with van der Waals surface area (Å²) in [5.41, 5.74) is 3.40. The van der Waals surface area contributed by atoms with E-state index in [0.717, 1.165) is 30.2 Å². The number of rotatable bonds is 7. The third-order valence-electron chi connectivity index (χ3n) is 7.71. The minimum atomic E-state index is -0.955. The summed E-state index contributed by atoms with van der Waals surface area (Å²) in [6.07, 6.45) is 14.5. The monoisotopic (exact) mass is 440 g/mol. The summed E-state index contributed by atoms with van der Waals surface area (Å²) in [5.74, 6) is -0.467. The number of hydrogen-bond acceptors (Lipinski definition) is 0. The smallest absolute Gasteiger partial charge is 0.167 e. The zero-order valence-corrected chi connectivity index (χ0v) is 19.5. The van der Waals surface area contributed by atoms with Gasteiger partial charge >= 0.3 is 0 Å². The van der Waals surface area contributed by atoms with Crippen molar-refractivity contribution in [3.05, 3.63) is 64.0 Å². The Morgan fingerprint density at radius 2 is 1.41 bits per heavy atom. The number of benzene rings is 2. The quantitative estimate of drug-likeness (QED) is 0.403. The molecule has 0 radical (unpaired) electrons. The van der Waals surface area contributed by atoms with Crippen LogP contribution >= 0.6 is 0 Å². The molecule has 1 saturated carbocycles. The van der Waals surface area contributed by atoms with Gasteiger partial charge in [0.1, 0.15) is 5.82 Å². The van der Waals surface area contributed by atoms with Crippen molar-refractivity contribution in [2.75, 3.05) is 0 Å². The van der Waals surface area contributed by atoms with E-state index in [4.69, 9.17) is 0 Å². The second-order valence-electron chi connectivity index (χ2n) is 9.77. The van der Waals surface area contributed by atoms with Crippen molar-refractivity contribution >= 4 is 6.08 Å². The first-order valence-electron chi connectivity index (χ1n) is 12.5. The first-order valence-corrected chi connectivity index (χ1v) is 12.5. The molecule has 3 heteroatoms. The molecule has 0 saturated heterocycles. The fourth-order valence-electron chi connectivity index (χ4n) is 5.69. The molecule has 172 valence electrons. The molecule has 0 atom stereocenters. The van der Waals surface area contributed by atoms with E-state index in [1.54, 1.807) is 19.1 Å². The van der Waals surface area contributed by atoms with Crippen LogP contribution in [0.3, 0.4) is 0 Å². The summed E-state index contributed by atoms with van der Waals surface area (Å²) >= 11 is 0. The predicted molar refractivity (Wildman–Crippen MR) is 127 cm³/mol. The van der Waals surface area contributed by atoms with Crippen molar-refractivity contribution in [3.8, 4) is 11.1 Å². The number of allylic oxidation sites excluding steroid dienone is 1. The van der Waals surface area contributed by atoms with Gasteiger partial charge in [-0.2, -0.15) is 0 Å². The van der Waals surface area contributed by atoms with Crippen LogP contribution in [0.2, 0.25) is 0 Å². The molecule has 32 heavy (non-hydrogen) atoms. The standard InChI is InChI=1S/C29H35F3/c1-3-5-19-6-8-20(9-7-19)10-11-21-12-15-24-23(18-21)14-17-25(28(24)31)26-16-13-22(4-2)27(30)29(26)32/h13-14,16-20H,3-12,15H2,1-2H3. The Morgan fingerprint density at radius 3 is 2.09 bits per heavy atom. The highest BCUT2D eigenvalue weighted by atomic mass is 19.2. The van der Waals surface area contributed by atoms with E-state index in [1.165, 1.54) is 56.6 Å². The summed E-state index contributed by atoms with van der Waals surface area (Å²) in [5, 5.41) is 0. The molecule has 0 N–H and O–H groups in total. The van der Waals surface area contributed by atoms with E-state index in [-0.39, 0.29) is 11.1 Å². The zero-order valence-electron chi connectivity index (χ0n) is 19.5. The molecular formula is C29H35F3. The summed E-state index contributed by atoms with van der Waals surface area (Å²) in [6, 6.07) is 6.53. The average molecular weight is 441 g/mol. The lowest BCUT2D eigenvalue weighted by atomic mass is 9.77. The fraction of sp³-hybridized carbons (Fsp3) is 0.517. The molecule has 2 aromatic carbocycles. The largest absolute Gasteiger partial charge is 0.206 e. The van der Waals surface area contributed by atoms with Crippen molar-refractivity contribution in [3.63, 3.8) is 0 Å². The maximum atomic E-state index is 15.3. The van der Waals surface area contributed by atoms with E-state index < -0.39 is 17.5 Å². The van der Waals surface area contributed by atoms with E-state index in [1.807, 2.05) is 6.07 Å². The maximum absolute atomic E-state index is 15.3. The maximum Gasteiger partial charge on any atom is 0.167 e. The van der Waals surface area contributed by atoms with Crippen LogP contribution in [0, 0.1) is 29.3 Å². The average Bonchev–Trinajstić information content (AvgIpc) is 2.81. The molecule has 0 aliphatic heterocycles. The molecule has 0 nitrogen and oxygen atoms in total. The predicted octanol–water partition coefficient (Wildman–Crippen LogP) is 9.05. The molecule has 1 fully saturated rings. The summed E-state index contributed by atoms with van der Waals surface area (Å²) in [6.45, 7) is 4.06. The molecule has 0 bridgehead atoms. The first kappa shape index (κ1) is 23.1. The van der Waals surface area contributed by atoms with Crippen molar-refractivity contribution in [2.24, 2.45) is 11.8 Å². The van der Waals surface area contributed by atoms with Crippen LogP contribution in [-0.2, 0) is 12.8 Å². The lowest BCUT2D eigenvalue weighted by Gasteiger charge is -2.29. The first-order chi connectivity index (χ1) is 15.5. The van der Waals surface area contributed by atoms with Gasteiger partial charge in [-0.25, -0.2) is 13.2 Å². The fourth-order valence-corrected chi connectivity index (χ4v) is 5.69. The van der Waals surface area contributed by atoms with Crippen LogP contribution in [0.15, 0.2) is 29.8 Å². The Morgan fingerprint density at radius 1 is 0.750 bits per heavy atom. The molecule has 2 aromatic rings. The SMILES string of the molecule is CCCC1CCC(CCC2=Cc3ccc(-c4ccc(CC)c(F)c4F)c(F)c3CC2)CC1. The highest BCUT2D eigenvalue weighted by molar-refractivity contribution is 5.71. The molecule has 0 unspecified atom stereocenters. The second-order valence-corrected chi connectivity index (χ2v) is 9.77. The molecule has 0 heterocycles. The van der Waals surface area contributed by atoms with Crippen LogP contribution in [0.5, 0.6) is 0 Å². The van der Waals surface area contributed by atoms with Crippen molar-refractivity contribution in [1.29, 1.82) is 0 Å². The Labute approximate surface area is 190 Å². The number of halogens is 3. The van der Waals surface area contributed by atoms with E-state index in [0.29, 0.717) is 24.0 Å². The minimum Gasteiger partial charge on any atom is -0.206 e. The Balaban J connectivity index is 1.46. The van der Waals surface area contributed by atoms with Gasteiger partial charge in [-0.1, -0.05) is 88.3 Å². The van der Waals surface area contributed by atoms with Crippen LogP contribution in [0.25, 0.3) is 17.2 Å². The highest BCUT2D eigenvalue weighted by Crippen LogP contribution is 2.38. The lowest BCUT2D eigenvalue weighted by molar-refractivity contribution is 0.252. The van der Waals surface area contributed by atoms with Crippen LogP contribution in [0.1, 0.15) is 88.3 Å². The molecule has 0 amide bonds. The van der Waals surface area contributed by atoms with Crippen molar-refractivity contribution < 1.29 is 13.2 Å². The Hall–Kier alpha value is -2.03. The van der Waals surface area contributed by atoms with Crippen molar-refractivity contribution in [1.82, 2.24) is 0 Å². The van der Waals surface area contributed by atoms with E-state index in [2.05, 4.69) is 13.0 Å². The van der Waals surface area contributed by atoms with Gasteiger partial charge in [0.05, 0.1) is 0 Å². The van der Waals surface area contributed by atoms with Crippen molar-refractivity contribution in [2.45, 2.75) is 84.5 Å². The van der Waals surface area contributed by atoms with Crippen LogP contribution in [-0.4, -0.2) is 0 Å². The van der Waals surface area contributed by atoms with Crippen LogP contribution in [0.4, 0.5) is 13.2 Å². The summed E-state index contributed by atoms with van der Waals surface area (Å²) in [4.78, 5) is 0. The summed E-state index contributed by atoms with van der Waals surface area (Å²) < 4.78 is 44.2. The van der Waals surface area contributed by atoms with Gasteiger partial charge in [-0.3, -0.25) is 0 Å². The molecular weight excluding hydrogens is 405 g/mol. The van der Waals surface area contributed by atoms with Gasteiger partial charge < -0.3 is 0 Å². The second kappa shape index (κ2) is 10.3. The minimum absolute atomic E-state index is 0.00783. The Bertz CT molecular complexity index is 980. The summed E-state index contributed by atoms with van der Waals surface area (Å²) in [7, 11) is 0. The van der Waals surface area contributed by atoms with Gasteiger partial charge in [0.25, 0.3) is 0 Å². The van der Waals surface area contributed by atoms with Gasteiger partial charge in [0, 0.05) is 11.1 Å². The number of aryl methyl sites for hydroxylation is 1. The van der Waals surface area contributed by atoms with E-state index >= 15 is 4.39 Å². The topological polar surface area (TPSA) is 0 Å². The number of fused-ring (bicyclic) bond motifs is 1. The van der Waals surface area contributed by atoms with Gasteiger partial charge in [-0.05, 0) is 60.6 Å². The van der Waals surface area contributed by atoms with Gasteiger partial charge in [-0.15, -0.1) is 0 Å². The normalized spacial score (nSPS) is 20.7. The van der Waals surface area contributed by atoms with E-state index in [9.17, 15) is 8.78 Å². The molecule has 2 aliphatic rings. The highest BCUT2D eigenvalue weighted by Gasteiger charge is 2.23. The molecule has 0 spiro atoms. The van der Waals surface area contributed by atoms with Crippen LogP contribution < -0.4 is 0 Å². The molecule has 4 rings (SSSR count). The third kappa shape index (κ3) is 4.82. The lowest BCUT2D eigenvalue weighted by Crippen LogP contribution is -2.15. The molecule has 0 aromatic heterocycles. The number of hydrogen-bond donors (Lipinski definition) is 0. The third-order valence-corrected chi connectivity index (χ3v) is 7.71. The molecule has 2 aliphatic carbocycles. The Kier molecular flexibility index (Phi) is 7.43. The van der Waals surface area contributed by atoms with Gasteiger partial charge in [0.15, 0.2) is 11.6 Å².